The fourth-order valence-corrected chi connectivity index (χ4v) is 2.11. The van der Waals surface area contributed by atoms with Crippen LogP contribution < -0.4 is 5.32 Å². The molecule has 0 unspecified atom stereocenters. The summed E-state index contributed by atoms with van der Waals surface area (Å²) in [5.41, 5.74) is 1.56. The van der Waals surface area contributed by atoms with Crippen molar-refractivity contribution in [3.05, 3.63) is 66.0 Å². The molecule has 1 atom stereocenters. The van der Waals surface area contributed by atoms with Crippen molar-refractivity contribution in [1.82, 2.24) is 10.3 Å². The largest absolute Gasteiger partial charge is 0.452 e. The van der Waals surface area contributed by atoms with E-state index in [0.29, 0.717) is 5.56 Å². The van der Waals surface area contributed by atoms with E-state index in [1.54, 1.807) is 18.3 Å². The second kappa shape index (κ2) is 8.68. The van der Waals surface area contributed by atoms with Crippen molar-refractivity contribution in [2.45, 2.75) is 25.8 Å². The third-order valence-corrected chi connectivity index (χ3v) is 3.35. The van der Waals surface area contributed by atoms with Crippen molar-refractivity contribution in [1.29, 1.82) is 0 Å². The van der Waals surface area contributed by atoms with Crippen molar-refractivity contribution in [3.8, 4) is 0 Å². The number of hydrogen-bond donors (Lipinski definition) is 1. The third kappa shape index (κ3) is 5.90. The van der Waals surface area contributed by atoms with Gasteiger partial charge in [-0.3, -0.25) is 9.78 Å². The highest BCUT2D eigenvalue weighted by molar-refractivity contribution is 5.90. The molecule has 1 N–H and O–H groups in total. The van der Waals surface area contributed by atoms with Gasteiger partial charge in [0.05, 0.1) is 5.56 Å². The van der Waals surface area contributed by atoms with Gasteiger partial charge in [0.15, 0.2) is 6.61 Å². The normalized spacial score (nSPS) is 11.5. The Morgan fingerprint density at radius 2 is 1.96 bits per heavy atom. The summed E-state index contributed by atoms with van der Waals surface area (Å²) in [6.07, 6.45) is 4.69. The van der Waals surface area contributed by atoms with Crippen molar-refractivity contribution in [3.63, 3.8) is 0 Å². The van der Waals surface area contributed by atoms with Gasteiger partial charge in [0, 0.05) is 18.4 Å². The van der Waals surface area contributed by atoms with E-state index >= 15 is 0 Å². The number of nitrogens with one attached hydrogen (secondary N) is 1. The lowest BCUT2D eigenvalue weighted by Gasteiger charge is -2.14. The topological polar surface area (TPSA) is 68.3 Å². The van der Waals surface area contributed by atoms with E-state index in [9.17, 15) is 9.59 Å². The molecule has 0 aliphatic carbocycles. The first-order chi connectivity index (χ1) is 11.1. The standard InChI is InChI=1S/C18H20N2O3/c1-14(9-10-15-6-3-2-4-7-15)20-17(21)13-23-18(22)16-8-5-11-19-12-16/h2-8,11-12,14H,9-10,13H2,1H3,(H,20,21)/t14-/m1/s1. The van der Waals surface area contributed by atoms with E-state index in [1.165, 1.54) is 11.8 Å². The van der Waals surface area contributed by atoms with E-state index in [-0.39, 0.29) is 18.6 Å². The Labute approximate surface area is 135 Å². The van der Waals surface area contributed by atoms with Gasteiger partial charge in [0.1, 0.15) is 0 Å². The number of ether oxygens (including phenoxy) is 1. The van der Waals surface area contributed by atoms with E-state index in [1.807, 2.05) is 25.1 Å². The molecule has 1 amide bonds. The molecule has 1 aromatic carbocycles. The number of carbonyl (C=O) groups excluding carboxylic acids is 2. The molecule has 1 heterocycles. The molecule has 120 valence electrons. The smallest absolute Gasteiger partial charge is 0.340 e. The second-order valence-corrected chi connectivity index (χ2v) is 5.31. The lowest BCUT2D eigenvalue weighted by Crippen LogP contribution is -2.36. The number of aromatic nitrogens is 1. The minimum atomic E-state index is -0.551. The number of esters is 1. The SMILES string of the molecule is C[C@H](CCc1ccccc1)NC(=O)COC(=O)c1cccnc1. The van der Waals surface area contributed by atoms with Crippen LogP contribution in [0.15, 0.2) is 54.9 Å². The van der Waals surface area contributed by atoms with Crippen LogP contribution in [0.2, 0.25) is 0 Å². The summed E-state index contributed by atoms with van der Waals surface area (Å²) < 4.78 is 4.96. The van der Waals surface area contributed by atoms with Crippen LogP contribution in [0.1, 0.15) is 29.3 Å². The fraction of sp³-hybridized carbons (Fsp3) is 0.278. The molecular formula is C18H20N2O3. The molecule has 0 spiro atoms. The fourth-order valence-electron chi connectivity index (χ4n) is 2.11. The van der Waals surface area contributed by atoms with Crippen molar-refractivity contribution in [2.24, 2.45) is 0 Å². The van der Waals surface area contributed by atoms with Gasteiger partial charge in [-0.1, -0.05) is 30.3 Å². The molecule has 2 aromatic rings. The van der Waals surface area contributed by atoms with Gasteiger partial charge >= 0.3 is 5.97 Å². The average Bonchev–Trinajstić information content (AvgIpc) is 2.59. The van der Waals surface area contributed by atoms with Gasteiger partial charge < -0.3 is 10.1 Å². The number of amides is 1. The lowest BCUT2D eigenvalue weighted by molar-refractivity contribution is -0.124. The van der Waals surface area contributed by atoms with Crippen LogP contribution in [0.4, 0.5) is 0 Å². The number of benzene rings is 1. The Bertz CT molecular complexity index is 629. The van der Waals surface area contributed by atoms with E-state index in [4.69, 9.17) is 4.74 Å². The van der Waals surface area contributed by atoms with Gasteiger partial charge in [0.2, 0.25) is 0 Å². The molecule has 0 radical (unpaired) electrons. The molecule has 5 nitrogen and oxygen atoms in total. The number of carbonyl (C=O) groups is 2. The van der Waals surface area contributed by atoms with Crippen molar-refractivity contribution in [2.75, 3.05) is 6.61 Å². The molecule has 0 saturated carbocycles. The van der Waals surface area contributed by atoms with Gasteiger partial charge in [-0.05, 0) is 37.5 Å². The predicted molar refractivity (Wildman–Crippen MR) is 86.9 cm³/mol. The number of pyridine rings is 1. The first-order valence-electron chi connectivity index (χ1n) is 7.55. The van der Waals surface area contributed by atoms with Crippen LogP contribution in [0, 0.1) is 0 Å². The highest BCUT2D eigenvalue weighted by atomic mass is 16.5. The Morgan fingerprint density at radius 3 is 2.65 bits per heavy atom. The summed E-state index contributed by atoms with van der Waals surface area (Å²) >= 11 is 0. The summed E-state index contributed by atoms with van der Waals surface area (Å²) in [7, 11) is 0. The quantitative estimate of drug-likeness (QED) is 0.797. The highest BCUT2D eigenvalue weighted by Gasteiger charge is 2.12. The molecule has 0 aliphatic rings. The second-order valence-electron chi connectivity index (χ2n) is 5.31. The number of nitrogens with zero attached hydrogens (tertiary/aromatic N) is 1. The lowest BCUT2D eigenvalue weighted by atomic mass is 10.1. The zero-order valence-corrected chi connectivity index (χ0v) is 13.1. The number of hydrogen-bond acceptors (Lipinski definition) is 4. The van der Waals surface area contributed by atoms with Gasteiger partial charge in [-0.15, -0.1) is 0 Å². The Morgan fingerprint density at radius 1 is 1.17 bits per heavy atom. The highest BCUT2D eigenvalue weighted by Crippen LogP contribution is 2.05. The predicted octanol–water partition coefficient (Wildman–Crippen LogP) is 2.38. The molecule has 0 aliphatic heterocycles. The van der Waals surface area contributed by atoms with Crippen LogP contribution in [0.25, 0.3) is 0 Å². The van der Waals surface area contributed by atoms with Crippen LogP contribution in [-0.4, -0.2) is 29.5 Å². The Hall–Kier alpha value is -2.69. The summed E-state index contributed by atoms with van der Waals surface area (Å²) in [6.45, 7) is 1.65. The molecule has 0 bridgehead atoms. The van der Waals surface area contributed by atoms with Crippen LogP contribution >= 0.6 is 0 Å². The molecule has 23 heavy (non-hydrogen) atoms. The van der Waals surface area contributed by atoms with Gasteiger partial charge in [-0.2, -0.15) is 0 Å². The molecular weight excluding hydrogens is 292 g/mol. The van der Waals surface area contributed by atoms with Gasteiger partial charge in [-0.25, -0.2) is 4.79 Å². The minimum Gasteiger partial charge on any atom is -0.452 e. The summed E-state index contributed by atoms with van der Waals surface area (Å²) in [4.78, 5) is 27.3. The van der Waals surface area contributed by atoms with E-state index < -0.39 is 5.97 Å². The first-order valence-corrected chi connectivity index (χ1v) is 7.55. The van der Waals surface area contributed by atoms with Crippen LogP contribution in [0.5, 0.6) is 0 Å². The summed E-state index contributed by atoms with van der Waals surface area (Å²) in [5.74, 6) is -0.854. The maximum Gasteiger partial charge on any atom is 0.340 e. The zero-order chi connectivity index (χ0) is 16.5. The maximum atomic E-state index is 11.8. The Balaban J connectivity index is 1.69. The van der Waals surface area contributed by atoms with Crippen molar-refractivity contribution >= 4 is 11.9 Å². The molecule has 0 saturated heterocycles. The van der Waals surface area contributed by atoms with Gasteiger partial charge in [0.25, 0.3) is 5.91 Å². The summed E-state index contributed by atoms with van der Waals surface area (Å²) in [5, 5.41) is 2.83. The molecule has 2 rings (SSSR count). The molecule has 1 aromatic heterocycles. The molecule has 5 heteroatoms. The average molecular weight is 312 g/mol. The van der Waals surface area contributed by atoms with E-state index in [0.717, 1.165) is 12.8 Å². The number of rotatable bonds is 7. The minimum absolute atomic E-state index is 0.0137. The molecule has 0 fully saturated rings. The first kappa shape index (κ1) is 16.7. The van der Waals surface area contributed by atoms with Crippen LogP contribution in [0.3, 0.4) is 0 Å². The van der Waals surface area contributed by atoms with Crippen molar-refractivity contribution < 1.29 is 14.3 Å². The summed E-state index contributed by atoms with van der Waals surface area (Å²) in [6, 6.07) is 13.3. The zero-order valence-electron chi connectivity index (χ0n) is 13.1. The maximum absolute atomic E-state index is 11.8. The Kier molecular flexibility index (Phi) is 6.29. The third-order valence-electron chi connectivity index (χ3n) is 3.35. The van der Waals surface area contributed by atoms with E-state index in [2.05, 4.69) is 22.4 Å². The number of aryl methyl sites for hydroxylation is 1. The van der Waals surface area contributed by atoms with Crippen LogP contribution in [-0.2, 0) is 16.0 Å². The monoisotopic (exact) mass is 312 g/mol.